The molecule has 90 valence electrons. The van der Waals surface area contributed by atoms with Gasteiger partial charge in [-0.1, -0.05) is 17.4 Å². The molecule has 0 saturated heterocycles. The summed E-state index contributed by atoms with van der Waals surface area (Å²) in [5.74, 6) is -0.190. The fourth-order valence-electron chi connectivity index (χ4n) is 1.69. The summed E-state index contributed by atoms with van der Waals surface area (Å²) in [5, 5.41) is 0. The number of carbonyl (C=O) groups excluding carboxylic acids is 1. The molecule has 0 bridgehead atoms. The normalized spacial score (nSPS) is 11.1. The summed E-state index contributed by atoms with van der Waals surface area (Å²) >= 11 is 1.64. The van der Waals surface area contributed by atoms with Gasteiger partial charge in [0.15, 0.2) is 0 Å². The van der Waals surface area contributed by atoms with Crippen LogP contribution in [0, 0.1) is 6.92 Å². The molecule has 0 amide bonds. The van der Waals surface area contributed by atoms with Gasteiger partial charge in [-0.25, -0.2) is 4.79 Å². The van der Waals surface area contributed by atoms with E-state index in [0.29, 0.717) is 0 Å². The zero-order chi connectivity index (χ0) is 12.4. The van der Waals surface area contributed by atoms with E-state index in [1.54, 1.807) is 11.3 Å². The van der Waals surface area contributed by atoms with Crippen LogP contribution in [-0.2, 0) is 16.1 Å². The molecule has 0 unspecified atom stereocenters. The molecule has 0 fully saturated rings. The molecule has 17 heavy (non-hydrogen) atoms. The minimum absolute atomic E-state index is 0.0600. The zero-order valence-electron chi connectivity index (χ0n) is 10.3. The van der Waals surface area contributed by atoms with Crippen LogP contribution in [0.2, 0.25) is 0 Å². The predicted octanol–water partition coefficient (Wildman–Crippen LogP) is 2.45. The van der Waals surface area contributed by atoms with Crippen molar-refractivity contribution in [3.63, 3.8) is 0 Å². The molecular formula is C13H16NO2S+. The van der Waals surface area contributed by atoms with Crippen molar-refractivity contribution in [3.05, 3.63) is 29.3 Å². The lowest BCUT2D eigenvalue weighted by Crippen LogP contribution is -2.37. The third-order valence-corrected chi connectivity index (χ3v) is 3.34. The maximum absolute atomic E-state index is 11.6. The van der Waals surface area contributed by atoms with Gasteiger partial charge >= 0.3 is 5.97 Å². The first-order chi connectivity index (χ1) is 8.06. The van der Waals surface area contributed by atoms with E-state index in [9.17, 15) is 4.79 Å². The Kier molecular flexibility index (Phi) is 3.43. The maximum atomic E-state index is 11.6. The smallest absolute Gasteiger partial charge is 0.372 e. The Morgan fingerprint density at radius 2 is 2.24 bits per heavy atom. The summed E-state index contributed by atoms with van der Waals surface area (Å²) in [6.45, 7) is 6.06. The van der Waals surface area contributed by atoms with Gasteiger partial charge in [0, 0.05) is 6.07 Å². The summed E-state index contributed by atoms with van der Waals surface area (Å²) in [6, 6.07) is 6.23. The fourth-order valence-corrected chi connectivity index (χ4v) is 2.68. The van der Waals surface area contributed by atoms with Gasteiger partial charge in [-0.3, -0.25) is 0 Å². The molecule has 2 rings (SSSR count). The highest BCUT2D eigenvalue weighted by molar-refractivity contribution is 7.16. The summed E-state index contributed by atoms with van der Waals surface area (Å²) in [5.41, 5.74) is 4.28. The molecule has 0 aliphatic rings. The number of ether oxygens (including phenoxy) is 1. The van der Waals surface area contributed by atoms with Crippen molar-refractivity contribution >= 4 is 27.5 Å². The van der Waals surface area contributed by atoms with E-state index < -0.39 is 0 Å². The molecule has 2 aromatic rings. The molecule has 0 N–H and O–H groups in total. The number of esters is 1. The average molecular weight is 250 g/mol. The van der Waals surface area contributed by atoms with Gasteiger partial charge in [-0.15, -0.1) is 0 Å². The van der Waals surface area contributed by atoms with Crippen LogP contribution < -0.4 is 4.57 Å². The van der Waals surface area contributed by atoms with Crippen LogP contribution in [0.1, 0.15) is 19.4 Å². The van der Waals surface area contributed by atoms with E-state index >= 15 is 0 Å². The van der Waals surface area contributed by atoms with E-state index in [2.05, 4.69) is 19.1 Å². The van der Waals surface area contributed by atoms with E-state index in [1.807, 2.05) is 30.0 Å². The topological polar surface area (TPSA) is 30.2 Å². The molecule has 0 radical (unpaired) electrons. The first-order valence-electron chi connectivity index (χ1n) is 5.63. The van der Waals surface area contributed by atoms with Crippen LogP contribution in [0.4, 0.5) is 0 Å². The fraction of sp³-hybridized carbons (Fsp3) is 0.385. The van der Waals surface area contributed by atoms with Crippen LogP contribution in [0.25, 0.3) is 10.2 Å². The largest absolute Gasteiger partial charge is 0.458 e. The molecule has 4 heteroatoms. The van der Waals surface area contributed by atoms with Crippen molar-refractivity contribution < 1.29 is 14.1 Å². The van der Waals surface area contributed by atoms with Crippen molar-refractivity contribution in [1.29, 1.82) is 0 Å². The van der Waals surface area contributed by atoms with Gasteiger partial charge in [0.25, 0.3) is 0 Å². The van der Waals surface area contributed by atoms with E-state index in [0.717, 1.165) is 5.52 Å². The highest BCUT2D eigenvalue weighted by atomic mass is 32.1. The number of fused-ring (bicyclic) bond motifs is 1. The van der Waals surface area contributed by atoms with Crippen molar-refractivity contribution in [2.24, 2.45) is 0 Å². The molecule has 0 spiro atoms. The summed E-state index contributed by atoms with van der Waals surface area (Å²) < 4.78 is 8.27. The lowest BCUT2D eigenvalue weighted by atomic mass is 10.2. The van der Waals surface area contributed by atoms with E-state index in [-0.39, 0.29) is 18.6 Å². The number of thiazole rings is 1. The molecule has 0 saturated carbocycles. The second-order valence-electron chi connectivity index (χ2n) is 4.36. The van der Waals surface area contributed by atoms with Gasteiger partial charge in [-0.05, 0) is 32.4 Å². The second-order valence-corrected chi connectivity index (χ2v) is 5.25. The first-order valence-corrected chi connectivity index (χ1v) is 6.51. The molecule has 0 aliphatic carbocycles. The highest BCUT2D eigenvalue weighted by Crippen LogP contribution is 2.17. The maximum Gasteiger partial charge on any atom is 0.372 e. The average Bonchev–Trinajstić information content (AvgIpc) is 2.59. The number of hydrogen-bond acceptors (Lipinski definition) is 3. The third kappa shape index (κ3) is 2.82. The van der Waals surface area contributed by atoms with Gasteiger partial charge < -0.3 is 4.74 Å². The Labute approximate surface area is 105 Å². The highest BCUT2D eigenvalue weighted by Gasteiger charge is 2.17. The minimum atomic E-state index is -0.190. The lowest BCUT2D eigenvalue weighted by molar-refractivity contribution is -0.655. The summed E-state index contributed by atoms with van der Waals surface area (Å²) in [7, 11) is 0. The zero-order valence-corrected chi connectivity index (χ0v) is 11.1. The van der Waals surface area contributed by atoms with Crippen molar-refractivity contribution in [3.8, 4) is 0 Å². The molecule has 0 atom stereocenters. The Bertz CT molecular complexity index is 545. The third-order valence-electron chi connectivity index (χ3n) is 2.40. The number of carbonyl (C=O) groups is 1. The molecule has 1 aromatic carbocycles. The van der Waals surface area contributed by atoms with Gasteiger partial charge in [-0.2, -0.15) is 4.57 Å². The lowest BCUT2D eigenvalue weighted by Gasteiger charge is -2.04. The van der Waals surface area contributed by atoms with Crippen LogP contribution >= 0.6 is 11.3 Å². The molecular weight excluding hydrogens is 234 g/mol. The van der Waals surface area contributed by atoms with Crippen LogP contribution in [0.15, 0.2) is 23.7 Å². The number of aromatic nitrogens is 1. The number of aryl methyl sites for hydroxylation is 1. The quantitative estimate of drug-likeness (QED) is 0.618. The van der Waals surface area contributed by atoms with Crippen molar-refractivity contribution in [2.45, 2.75) is 33.4 Å². The van der Waals surface area contributed by atoms with E-state index in [1.165, 1.54) is 10.3 Å². The first kappa shape index (κ1) is 12.0. The van der Waals surface area contributed by atoms with Crippen LogP contribution in [0.3, 0.4) is 0 Å². The number of benzene rings is 1. The molecule has 0 aliphatic heterocycles. The van der Waals surface area contributed by atoms with Crippen LogP contribution in [-0.4, -0.2) is 12.1 Å². The SMILES string of the molecule is Cc1ccc2c(c1)sc[n+]2CC(=O)OC(C)C. The molecule has 3 nitrogen and oxygen atoms in total. The molecule has 1 aromatic heterocycles. The Morgan fingerprint density at radius 1 is 1.47 bits per heavy atom. The minimum Gasteiger partial charge on any atom is -0.458 e. The van der Waals surface area contributed by atoms with Crippen molar-refractivity contribution in [2.75, 3.05) is 0 Å². The number of hydrogen-bond donors (Lipinski definition) is 0. The van der Waals surface area contributed by atoms with Crippen LogP contribution in [0.5, 0.6) is 0 Å². The van der Waals surface area contributed by atoms with Gasteiger partial charge in [0.1, 0.15) is 4.70 Å². The Morgan fingerprint density at radius 3 is 2.94 bits per heavy atom. The summed E-state index contributed by atoms with van der Waals surface area (Å²) in [6.07, 6.45) is -0.0600. The monoisotopic (exact) mass is 250 g/mol. The van der Waals surface area contributed by atoms with Crippen molar-refractivity contribution in [1.82, 2.24) is 0 Å². The predicted molar refractivity (Wildman–Crippen MR) is 68.0 cm³/mol. The Balaban J connectivity index is 2.22. The summed E-state index contributed by atoms with van der Waals surface area (Å²) in [4.78, 5) is 11.6. The second kappa shape index (κ2) is 4.84. The van der Waals surface area contributed by atoms with E-state index in [4.69, 9.17) is 4.74 Å². The number of nitrogens with zero attached hydrogens (tertiary/aromatic N) is 1. The Hall–Kier alpha value is -1.42. The standard InChI is InChI=1S/C13H16NO2S/c1-9(2)16-13(15)7-14-8-17-12-6-10(3)4-5-11(12)14/h4-6,8-9H,7H2,1-3H3/q+1. The van der Waals surface area contributed by atoms with Gasteiger partial charge in [0.2, 0.25) is 17.6 Å². The van der Waals surface area contributed by atoms with Gasteiger partial charge in [0.05, 0.1) is 6.10 Å². The molecule has 1 heterocycles. The number of rotatable bonds is 3.